The van der Waals surface area contributed by atoms with Crippen LogP contribution in [0.4, 0.5) is 15.4 Å². The molecule has 4 heterocycles. The zero-order chi connectivity index (χ0) is 32.1. The third kappa shape index (κ3) is 7.12. The highest BCUT2D eigenvalue weighted by Gasteiger charge is 2.61. The Morgan fingerprint density at radius 3 is 2.30 bits per heavy atom. The summed E-state index contributed by atoms with van der Waals surface area (Å²) in [6.45, 7) is 17.3. The summed E-state index contributed by atoms with van der Waals surface area (Å²) in [7, 11) is 0. The lowest BCUT2D eigenvalue weighted by molar-refractivity contribution is -0.172. The maximum atomic E-state index is 13.8. The lowest BCUT2D eigenvalue weighted by atomic mass is 10.0. The van der Waals surface area contributed by atoms with Gasteiger partial charge in [0.1, 0.15) is 47.9 Å². The molecule has 2 aromatic heterocycles. The van der Waals surface area contributed by atoms with Crippen LogP contribution in [0.1, 0.15) is 80.8 Å². The molecule has 4 N–H and O–H groups in total. The number of nitrogens with one attached hydrogen (secondary N) is 2. The zero-order valence-corrected chi connectivity index (χ0v) is 26.5. The summed E-state index contributed by atoms with van der Waals surface area (Å²) in [5.74, 6) is -1.74. The summed E-state index contributed by atoms with van der Waals surface area (Å²) in [6, 6.07) is -2.55. The zero-order valence-electron chi connectivity index (χ0n) is 26.5. The molecule has 2 fully saturated rings. The molecular weight excluding hydrogens is 560 g/mol. The van der Waals surface area contributed by atoms with E-state index in [2.05, 4.69) is 20.3 Å². The van der Waals surface area contributed by atoms with Crippen molar-refractivity contribution in [2.24, 2.45) is 5.92 Å². The van der Waals surface area contributed by atoms with Gasteiger partial charge in [0.25, 0.3) is 0 Å². The van der Waals surface area contributed by atoms with Crippen LogP contribution < -0.4 is 11.1 Å². The second-order valence-electron chi connectivity index (χ2n) is 13.7. The quantitative estimate of drug-likeness (QED) is 0.322. The van der Waals surface area contributed by atoms with Gasteiger partial charge in [-0.2, -0.15) is 0 Å². The van der Waals surface area contributed by atoms with Crippen molar-refractivity contribution in [3.8, 4) is 0 Å². The fraction of sp³-hybridized carbons (Fsp3) is 0.690. The molecule has 0 saturated carbocycles. The number of H-pyrrole nitrogens is 1. The molecule has 4 rings (SSSR count). The number of rotatable bonds is 6. The topological polar surface area (TPSA) is 180 Å². The summed E-state index contributed by atoms with van der Waals surface area (Å²) in [5.41, 5.74) is 6.15. The first-order valence-electron chi connectivity index (χ1n) is 14.4. The summed E-state index contributed by atoms with van der Waals surface area (Å²) in [4.78, 5) is 52.7. The van der Waals surface area contributed by atoms with E-state index < -0.39 is 65.5 Å². The van der Waals surface area contributed by atoms with Crippen molar-refractivity contribution in [3.63, 3.8) is 0 Å². The second-order valence-corrected chi connectivity index (χ2v) is 13.7. The number of fused-ring (bicyclic) bond motifs is 2. The van der Waals surface area contributed by atoms with Crippen LogP contribution in [0.2, 0.25) is 0 Å². The Hall–Kier alpha value is -3.65. The van der Waals surface area contributed by atoms with Crippen molar-refractivity contribution in [1.82, 2.24) is 25.2 Å². The minimum absolute atomic E-state index is 0.251. The van der Waals surface area contributed by atoms with Crippen molar-refractivity contribution in [2.75, 3.05) is 12.3 Å². The Labute approximate surface area is 251 Å². The van der Waals surface area contributed by atoms with E-state index in [4.69, 9.17) is 29.4 Å². The summed E-state index contributed by atoms with van der Waals surface area (Å²) < 4.78 is 29.6. The van der Waals surface area contributed by atoms with Gasteiger partial charge >= 0.3 is 18.2 Å². The van der Waals surface area contributed by atoms with E-state index in [-0.39, 0.29) is 18.3 Å². The van der Waals surface area contributed by atoms with Gasteiger partial charge in [0, 0.05) is 11.8 Å². The van der Waals surface area contributed by atoms with Crippen molar-refractivity contribution in [1.29, 1.82) is 0 Å². The number of hydrogen-bond donors (Lipinski definition) is 3. The Kier molecular flexibility index (Phi) is 8.59. The number of carbonyl (C=O) groups excluding carboxylic acids is 3. The molecule has 2 aliphatic heterocycles. The smallest absolute Gasteiger partial charge is 0.411 e. The number of esters is 1. The van der Waals surface area contributed by atoms with Crippen LogP contribution in [0.5, 0.6) is 0 Å². The number of nitrogens with two attached hydrogens (primary N) is 1. The molecule has 0 bridgehead atoms. The number of anilines is 1. The van der Waals surface area contributed by atoms with Crippen LogP contribution in [-0.4, -0.2) is 85.9 Å². The minimum atomic E-state index is -0.997. The van der Waals surface area contributed by atoms with E-state index in [1.807, 2.05) is 0 Å². The van der Waals surface area contributed by atoms with E-state index in [0.29, 0.717) is 16.6 Å². The average molecular weight is 605 g/mol. The molecule has 14 heteroatoms. The standard InChI is InChI=1S/C29H44N6O8/c1-14(2)17(34-25(37)42-27(3,4)5)24(36)39-12-16-21-22(41-29(9,10)40-21)20(35(16)26(38)43-28(6,7)8)15-11-31-19-18(15)32-13-33-23(19)30/h11,13-14,16-17,20-22,31H,12H2,1-10H3,(H,34,37)(H2,30,32,33)/t16?,17-,20?,21?,22?/m0/s1. The Morgan fingerprint density at radius 2 is 1.70 bits per heavy atom. The fourth-order valence-electron chi connectivity index (χ4n) is 5.34. The highest BCUT2D eigenvalue weighted by molar-refractivity contribution is 5.88. The molecule has 0 radical (unpaired) electrons. The molecule has 2 aliphatic rings. The van der Waals surface area contributed by atoms with E-state index >= 15 is 0 Å². The Balaban J connectivity index is 1.68. The Bertz CT molecular complexity index is 1360. The van der Waals surface area contributed by atoms with E-state index in [1.54, 1.807) is 75.4 Å². The summed E-state index contributed by atoms with van der Waals surface area (Å²) >= 11 is 0. The van der Waals surface area contributed by atoms with Crippen molar-refractivity contribution in [3.05, 3.63) is 18.1 Å². The highest BCUT2D eigenvalue weighted by Crippen LogP contribution is 2.49. The predicted molar refractivity (Wildman–Crippen MR) is 156 cm³/mol. The SMILES string of the molecule is CC(C)[C@H](NC(=O)OC(C)(C)C)C(=O)OCC1C2OC(C)(C)OC2C(c2c[nH]c3c(N)ncnc23)N1C(=O)OC(C)(C)C. The number of ether oxygens (including phenoxy) is 5. The van der Waals surface area contributed by atoms with Crippen LogP contribution in [-0.2, 0) is 28.5 Å². The molecule has 14 nitrogen and oxygen atoms in total. The highest BCUT2D eigenvalue weighted by atomic mass is 16.8. The lowest BCUT2D eigenvalue weighted by Crippen LogP contribution is -2.50. The number of likely N-dealkylation sites (tertiary alicyclic amines) is 1. The predicted octanol–water partition coefficient (Wildman–Crippen LogP) is 3.81. The van der Waals surface area contributed by atoms with Gasteiger partial charge in [-0.3, -0.25) is 4.90 Å². The normalized spacial score (nSPS) is 24.1. The molecule has 43 heavy (non-hydrogen) atoms. The number of nitrogens with zero attached hydrogens (tertiary/aromatic N) is 3. The first kappa shape index (κ1) is 32.3. The van der Waals surface area contributed by atoms with Crippen molar-refractivity contribution < 1.29 is 38.1 Å². The molecule has 4 unspecified atom stereocenters. The van der Waals surface area contributed by atoms with Gasteiger partial charge in [-0.25, -0.2) is 24.4 Å². The first-order chi connectivity index (χ1) is 19.8. The van der Waals surface area contributed by atoms with E-state index in [0.717, 1.165) is 0 Å². The third-order valence-corrected chi connectivity index (χ3v) is 6.95. The molecule has 238 valence electrons. The van der Waals surface area contributed by atoms with Crippen molar-refractivity contribution in [2.45, 2.75) is 117 Å². The molecule has 0 spiro atoms. The molecular formula is C29H44N6O8. The maximum Gasteiger partial charge on any atom is 0.411 e. The molecule has 0 aromatic carbocycles. The first-order valence-corrected chi connectivity index (χ1v) is 14.4. The number of alkyl carbamates (subject to hydrolysis) is 1. The van der Waals surface area contributed by atoms with E-state index in [1.165, 1.54) is 11.2 Å². The van der Waals surface area contributed by atoms with Gasteiger partial charge in [-0.15, -0.1) is 0 Å². The van der Waals surface area contributed by atoms with Crippen LogP contribution in [0.25, 0.3) is 11.0 Å². The van der Waals surface area contributed by atoms with E-state index in [9.17, 15) is 14.4 Å². The molecule has 2 aromatic rings. The number of aromatic amines is 1. The van der Waals surface area contributed by atoms with Gasteiger partial charge in [0.05, 0.1) is 17.6 Å². The molecule has 2 saturated heterocycles. The molecule has 0 aliphatic carbocycles. The summed E-state index contributed by atoms with van der Waals surface area (Å²) in [5, 5.41) is 2.60. The van der Waals surface area contributed by atoms with Crippen LogP contribution in [0.15, 0.2) is 12.5 Å². The average Bonchev–Trinajstić information content (AvgIpc) is 3.48. The summed E-state index contributed by atoms with van der Waals surface area (Å²) in [6.07, 6.45) is 0.300. The molecule has 5 atom stereocenters. The number of carbonyl (C=O) groups is 3. The largest absolute Gasteiger partial charge is 0.462 e. The number of amides is 2. The van der Waals surface area contributed by atoms with Gasteiger partial charge in [-0.05, 0) is 61.3 Å². The van der Waals surface area contributed by atoms with Gasteiger partial charge < -0.3 is 39.7 Å². The van der Waals surface area contributed by atoms with Crippen LogP contribution in [0.3, 0.4) is 0 Å². The molecule has 2 amide bonds. The van der Waals surface area contributed by atoms with Crippen molar-refractivity contribution >= 4 is 35.0 Å². The van der Waals surface area contributed by atoms with Crippen LogP contribution >= 0.6 is 0 Å². The third-order valence-electron chi connectivity index (χ3n) is 6.95. The van der Waals surface area contributed by atoms with Gasteiger partial charge in [0.15, 0.2) is 11.6 Å². The lowest BCUT2D eigenvalue weighted by Gasteiger charge is -2.35. The second kappa shape index (κ2) is 11.5. The number of hydrogen-bond acceptors (Lipinski definition) is 11. The van der Waals surface area contributed by atoms with Crippen LogP contribution in [0, 0.1) is 5.92 Å². The maximum absolute atomic E-state index is 13.8. The fourth-order valence-corrected chi connectivity index (χ4v) is 5.34. The Morgan fingerprint density at radius 1 is 1.07 bits per heavy atom. The monoisotopic (exact) mass is 604 g/mol. The minimum Gasteiger partial charge on any atom is -0.462 e. The van der Waals surface area contributed by atoms with Gasteiger partial charge in [0.2, 0.25) is 0 Å². The number of aromatic nitrogens is 3. The number of nitrogen functional groups attached to an aromatic ring is 1. The van der Waals surface area contributed by atoms with Gasteiger partial charge in [-0.1, -0.05) is 13.8 Å².